The van der Waals surface area contributed by atoms with Gasteiger partial charge >= 0.3 is 0 Å². The molecular formula is C12H12Cl2N4O. The number of nitrogens with two attached hydrogens (primary N) is 1. The van der Waals surface area contributed by atoms with Crippen molar-refractivity contribution in [2.45, 2.75) is 12.8 Å². The Morgan fingerprint density at radius 2 is 1.79 bits per heavy atom. The molecule has 2 heterocycles. The van der Waals surface area contributed by atoms with Gasteiger partial charge in [0.05, 0.1) is 15.7 Å². The van der Waals surface area contributed by atoms with E-state index in [4.69, 9.17) is 33.5 Å². The zero-order valence-electron chi connectivity index (χ0n) is 10.1. The fraction of sp³-hybridized carbons (Fsp3) is 0.333. The van der Waals surface area contributed by atoms with E-state index in [9.17, 15) is 0 Å². The number of nitrogens with zero attached hydrogens (tertiary/aromatic N) is 3. The molecule has 0 unspecified atom stereocenters. The van der Waals surface area contributed by atoms with Gasteiger partial charge in [0.1, 0.15) is 0 Å². The van der Waals surface area contributed by atoms with Gasteiger partial charge in [-0.05, 0) is 30.1 Å². The molecule has 3 rings (SSSR count). The quantitative estimate of drug-likeness (QED) is 0.862. The van der Waals surface area contributed by atoms with E-state index in [0.29, 0.717) is 33.1 Å². The van der Waals surface area contributed by atoms with Crippen molar-refractivity contribution in [1.29, 1.82) is 0 Å². The number of benzene rings is 1. The van der Waals surface area contributed by atoms with Crippen LogP contribution in [0.4, 0.5) is 11.6 Å². The third-order valence-electron chi connectivity index (χ3n) is 3.13. The average molecular weight is 299 g/mol. The van der Waals surface area contributed by atoms with E-state index in [-0.39, 0.29) is 0 Å². The maximum atomic E-state index is 5.99. The number of halogens is 2. The Bertz CT molecular complexity index is 585. The SMILES string of the molecule is Nc1c(Cl)cc(-c2nc(N3CCCC3)no2)cc1Cl. The second-order valence-corrected chi connectivity index (χ2v) is 5.26. The molecule has 19 heavy (non-hydrogen) atoms. The number of hydrogen-bond donors (Lipinski definition) is 1. The lowest BCUT2D eigenvalue weighted by atomic mass is 10.2. The van der Waals surface area contributed by atoms with E-state index in [2.05, 4.69) is 15.0 Å². The molecule has 2 N–H and O–H groups in total. The molecule has 0 saturated carbocycles. The molecule has 1 aliphatic heterocycles. The summed E-state index contributed by atoms with van der Waals surface area (Å²) < 4.78 is 5.25. The van der Waals surface area contributed by atoms with Crippen LogP contribution in [0.25, 0.3) is 11.5 Å². The first-order valence-electron chi connectivity index (χ1n) is 5.98. The van der Waals surface area contributed by atoms with Crippen molar-refractivity contribution >= 4 is 34.8 Å². The van der Waals surface area contributed by atoms with Crippen molar-refractivity contribution in [2.24, 2.45) is 0 Å². The van der Waals surface area contributed by atoms with Crippen LogP contribution in [0.15, 0.2) is 16.7 Å². The second-order valence-electron chi connectivity index (χ2n) is 4.45. The Labute approximate surface area is 120 Å². The minimum absolute atomic E-state index is 0.353. The average Bonchev–Trinajstić information content (AvgIpc) is 3.05. The summed E-state index contributed by atoms with van der Waals surface area (Å²) >= 11 is 12.0. The van der Waals surface area contributed by atoms with E-state index in [1.807, 2.05) is 0 Å². The third-order valence-corrected chi connectivity index (χ3v) is 3.76. The smallest absolute Gasteiger partial charge is 0.266 e. The molecule has 5 nitrogen and oxygen atoms in total. The molecule has 1 aliphatic rings. The summed E-state index contributed by atoms with van der Waals surface area (Å²) in [7, 11) is 0. The normalized spacial score (nSPS) is 15.2. The number of rotatable bonds is 2. The molecule has 100 valence electrons. The highest BCUT2D eigenvalue weighted by molar-refractivity contribution is 6.39. The van der Waals surface area contributed by atoms with Crippen LogP contribution in [-0.2, 0) is 0 Å². The highest BCUT2D eigenvalue weighted by atomic mass is 35.5. The van der Waals surface area contributed by atoms with E-state index >= 15 is 0 Å². The third kappa shape index (κ3) is 2.35. The highest BCUT2D eigenvalue weighted by Gasteiger charge is 2.19. The number of hydrogen-bond acceptors (Lipinski definition) is 5. The van der Waals surface area contributed by atoms with Crippen molar-refractivity contribution in [3.8, 4) is 11.5 Å². The van der Waals surface area contributed by atoms with E-state index in [1.165, 1.54) is 0 Å². The number of aromatic nitrogens is 2. The van der Waals surface area contributed by atoms with Crippen LogP contribution in [-0.4, -0.2) is 23.2 Å². The molecule has 0 aliphatic carbocycles. The van der Waals surface area contributed by atoms with Crippen molar-refractivity contribution in [2.75, 3.05) is 23.7 Å². The standard InChI is InChI=1S/C12H12Cl2N4O/c13-8-5-7(6-9(14)10(8)15)11-16-12(17-19-11)18-3-1-2-4-18/h5-6H,1-4,15H2. The molecule has 0 radical (unpaired) electrons. The zero-order chi connectivity index (χ0) is 13.4. The van der Waals surface area contributed by atoms with E-state index < -0.39 is 0 Å². The largest absolute Gasteiger partial charge is 0.396 e. The van der Waals surface area contributed by atoms with Crippen molar-refractivity contribution in [3.05, 3.63) is 22.2 Å². The lowest BCUT2D eigenvalue weighted by Crippen LogP contribution is -2.18. The molecule has 0 amide bonds. The van der Waals surface area contributed by atoms with Crippen LogP contribution < -0.4 is 10.6 Å². The predicted octanol–water partition coefficient (Wildman–Crippen LogP) is 3.23. The van der Waals surface area contributed by atoms with Gasteiger partial charge in [0.25, 0.3) is 11.8 Å². The molecule has 1 fully saturated rings. The lowest BCUT2D eigenvalue weighted by Gasteiger charge is -2.09. The van der Waals surface area contributed by atoms with Crippen molar-refractivity contribution < 1.29 is 4.52 Å². The summed E-state index contributed by atoms with van der Waals surface area (Å²) in [5.41, 5.74) is 6.72. The fourth-order valence-corrected chi connectivity index (χ4v) is 2.57. The first kappa shape index (κ1) is 12.6. The molecule has 1 aromatic carbocycles. The predicted molar refractivity (Wildman–Crippen MR) is 75.6 cm³/mol. The van der Waals surface area contributed by atoms with Gasteiger partial charge < -0.3 is 15.2 Å². The van der Waals surface area contributed by atoms with Gasteiger partial charge in [-0.15, -0.1) is 0 Å². The maximum Gasteiger partial charge on any atom is 0.266 e. The summed E-state index contributed by atoms with van der Waals surface area (Å²) in [5, 5.41) is 4.74. The molecular weight excluding hydrogens is 287 g/mol. The van der Waals surface area contributed by atoms with E-state index in [1.54, 1.807) is 12.1 Å². The van der Waals surface area contributed by atoms with Crippen LogP contribution in [0.3, 0.4) is 0 Å². The molecule has 1 aromatic heterocycles. The Kier molecular flexibility index (Phi) is 3.24. The minimum Gasteiger partial charge on any atom is -0.396 e. The Morgan fingerprint density at radius 1 is 1.16 bits per heavy atom. The number of anilines is 2. The monoisotopic (exact) mass is 298 g/mol. The lowest BCUT2D eigenvalue weighted by molar-refractivity contribution is 0.430. The molecule has 0 bridgehead atoms. The Morgan fingerprint density at radius 3 is 2.42 bits per heavy atom. The van der Waals surface area contributed by atoms with Gasteiger partial charge in [0.2, 0.25) is 0 Å². The van der Waals surface area contributed by atoms with Gasteiger partial charge in [0.15, 0.2) is 0 Å². The highest BCUT2D eigenvalue weighted by Crippen LogP contribution is 2.33. The summed E-state index contributed by atoms with van der Waals surface area (Å²) in [6, 6.07) is 3.34. The van der Waals surface area contributed by atoms with Crippen LogP contribution in [0.2, 0.25) is 10.0 Å². The van der Waals surface area contributed by atoms with Crippen LogP contribution in [0.1, 0.15) is 12.8 Å². The summed E-state index contributed by atoms with van der Waals surface area (Å²) in [5.74, 6) is 1.00. The second kappa shape index (κ2) is 4.90. The molecule has 0 atom stereocenters. The van der Waals surface area contributed by atoms with Gasteiger partial charge in [0, 0.05) is 18.7 Å². The fourth-order valence-electron chi connectivity index (χ4n) is 2.09. The molecule has 0 spiro atoms. The van der Waals surface area contributed by atoms with Crippen LogP contribution in [0, 0.1) is 0 Å². The first-order valence-corrected chi connectivity index (χ1v) is 6.74. The molecule has 7 heteroatoms. The van der Waals surface area contributed by atoms with Crippen LogP contribution in [0.5, 0.6) is 0 Å². The Balaban J connectivity index is 1.94. The summed E-state index contributed by atoms with van der Waals surface area (Å²) in [4.78, 5) is 6.46. The summed E-state index contributed by atoms with van der Waals surface area (Å²) in [6.07, 6.45) is 2.31. The van der Waals surface area contributed by atoms with Crippen molar-refractivity contribution in [1.82, 2.24) is 10.1 Å². The van der Waals surface area contributed by atoms with E-state index in [0.717, 1.165) is 25.9 Å². The van der Waals surface area contributed by atoms with Crippen LogP contribution >= 0.6 is 23.2 Å². The Hall–Kier alpha value is -1.46. The summed E-state index contributed by atoms with van der Waals surface area (Å²) in [6.45, 7) is 1.92. The zero-order valence-corrected chi connectivity index (χ0v) is 11.6. The van der Waals surface area contributed by atoms with Crippen molar-refractivity contribution in [3.63, 3.8) is 0 Å². The van der Waals surface area contributed by atoms with Gasteiger partial charge in [-0.1, -0.05) is 23.2 Å². The topological polar surface area (TPSA) is 68.2 Å². The first-order chi connectivity index (χ1) is 9.15. The minimum atomic E-state index is 0.353. The molecule has 2 aromatic rings. The van der Waals surface area contributed by atoms with Gasteiger partial charge in [-0.25, -0.2) is 0 Å². The number of nitrogen functional groups attached to an aromatic ring is 1. The van der Waals surface area contributed by atoms with Gasteiger partial charge in [-0.2, -0.15) is 4.98 Å². The molecule has 1 saturated heterocycles. The van der Waals surface area contributed by atoms with Gasteiger partial charge in [-0.3, -0.25) is 0 Å². The maximum absolute atomic E-state index is 5.99.